The molecule has 2 atom stereocenters. The van der Waals surface area contributed by atoms with Crippen molar-refractivity contribution in [3.63, 3.8) is 0 Å². The summed E-state index contributed by atoms with van der Waals surface area (Å²) in [7, 11) is 1.58. The SMILES string of the molecule is COc1cccc(NC(=O)[C@@H](CC(C)C)NC(=O)[C@@H]2Cc3ccccc3CN2)c1. The second-order valence-electron chi connectivity index (χ2n) is 7.82. The van der Waals surface area contributed by atoms with Crippen molar-refractivity contribution in [1.82, 2.24) is 10.6 Å². The predicted molar refractivity (Wildman–Crippen MR) is 114 cm³/mol. The first-order valence-corrected chi connectivity index (χ1v) is 10.0. The molecular weight excluding hydrogens is 366 g/mol. The molecule has 0 radical (unpaired) electrons. The van der Waals surface area contributed by atoms with Gasteiger partial charge in [0.05, 0.1) is 13.2 Å². The summed E-state index contributed by atoms with van der Waals surface area (Å²) < 4.78 is 5.20. The fourth-order valence-electron chi connectivity index (χ4n) is 3.55. The molecule has 0 saturated carbocycles. The number of anilines is 1. The molecule has 3 N–H and O–H groups in total. The normalized spacial score (nSPS) is 16.6. The Morgan fingerprint density at radius 3 is 2.62 bits per heavy atom. The van der Waals surface area contributed by atoms with Crippen LogP contribution in [0.15, 0.2) is 48.5 Å². The zero-order valence-corrected chi connectivity index (χ0v) is 17.2. The molecule has 1 aliphatic rings. The number of fused-ring (bicyclic) bond motifs is 1. The predicted octanol–water partition coefficient (Wildman–Crippen LogP) is 2.88. The molecule has 3 rings (SSSR count). The van der Waals surface area contributed by atoms with E-state index in [1.54, 1.807) is 19.2 Å². The molecular formula is C23H29N3O3. The summed E-state index contributed by atoms with van der Waals surface area (Å²) in [5, 5.41) is 9.12. The third-order valence-electron chi connectivity index (χ3n) is 5.08. The van der Waals surface area contributed by atoms with Crippen LogP contribution < -0.4 is 20.7 Å². The van der Waals surface area contributed by atoms with Crippen molar-refractivity contribution in [1.29, 1.82) is 0 Å². The summed E-state index contributed by atoms with van der Waals surface area (Å²) in [4.78, 5) is 25.8. The van der Waals surface area contributed by atoms with E-state index in [-0.39, 0.29) is 23.8 Å². The molecule has 2 aromatic rings. The van der Waals surface area contributed by atoms with E-state index in [1.807, 2.05) is 38.1 Å². The quantitative estimate of drug-likeness (QED) is 0.674. The molecule has 0 aromatic heterocycles. The monoisotopic (exact) mass is 395 g/mol. The van der Waals surface area contributed by atoms with Gasteiger partial charge in [0.25, 0.3) is 0 Å². The Balaban J connectivity index is 1.66. The van der Waals surface area contributed by atoms with Crippen LogP contribution in [0.2, 0.25) is 0 Å². The van der Waals surface area contributed by atoms with Gasteiger partial charge in [-0.3, -0.25) is 9.59 Å². The molecule has 6 nitrogen and oxygen atoms in total. The van der Waals surface area contributed by atoms with E-state index in [1.165, 1.54) is 11.1 Å². The molecule has 0 spiro atoms. The van der Waals surface area contributed by atoms with E-state index >= 15 is 0 Å². The average Bonchev–Trinajstić information content (AvgIpc) is 2.72. The fourth-order valence-corrected chi connectivity index (χ4v) is 3.55. The Labute approximate surface area is 172 Å². The van der Waals surface area contributed by atoms with Gasteiger partial charge in [0.2, 0.25) is 11.8 Å². The van der Waals surface area contributed by atoms with E-state index < -0.39 is 6.04 Å². The standard InChI is InChI=1S/C23H29N3O3/c1-15(2)11-21(23(28)25-18-9-6-10-19(13-18)29-3)26-22(27)20-12-16-7-4-5-8-17(16)14-24-20/h4-10,13,15,20-21,24H,11-12,14H2,1-3H3,(H,25,28)(H,26,27)/t20-,21+/m0/s1. The Morgan fingerprint density at radius 2 is 1.90 bits per heavy atom. The Morgan fingerprint density at radius 1 is 1.14 bits per heavy atom. The molecule has 154 valence electrons. The van der Waals surface area contributed by atoms with Crippen LogP contribution in [0, 0.1) is 5.92 Å². The van der Waals surface area contributed by atoms with Gasteiger partial charge in [0.15, 0.2) is 0 Å². The first-order chi connectivity index (χ1) is 14.0. The number of carbonyl (C=O) groups excluding carboxylic acids is 2. The van der Waals surface area contributed by atoms with Gasteiger partial charge >= 0.3 is 0 Å². The average molecular weight is 396 g/mol. The summed E-state index contributed by atoms with van der Waals surface area (Å²) in [5.41, 5.74) is 3.03. The van der Waals surface area contributed by atoms with Crippen LogP contribution in [0.3, 0.4) is 0 Å². The first kappa shape index (κ1) is 20.9. The molecule has 1 heterocycles. The number of hydrogen-bond acceptors (Lipinski definition) is 4. The lowest BCUT2D eigenvalue weighted by Crippen LogP contribution is -2.53. The van der Waals surface area contributed by atoms with Crippen molar-refractivity contribution < 1.29 is 14.3 Å². The van der Waals surface area contributed by atoms with Crippen molar-refractivity contribution >= 4 is 17.5 Å². The van der Waals surface area contributed by atoms with Crippen LogP contribution in [0.25, 0.3) is 0 Å². The maximum atomic E-state index is 12.9. The van der Waals surface area contributed by atoms with Crippen molar-refractivity contribution in [2.75, 3.05) is 12.4 Å². The van der Waals surface area contributed by atoms with Crippen LogP contribution in [-0.4, -0.2) is 31.0 Å². The minimum atomic E-state index is -0.604. The number of amides is 2. The molecule has 0 fully saturated rings. The van der Waals surface area contributed by atoms with Crippen LogP contribution in [0.4, 0.5) is 5.69 Å². The topological polar surface area (TPSA) is 79.5 Å². The number of nitrogens with one attached hydrogen (secondary N) is 3. The van der Waals surface area contributed by atoms with E-state index in [0.29, 0.717) is 30.8 Å². The molecule has 0 saturated heterocycles. The van der Waals surface area contributed by atoms with Gasteiger partial charge < -0.3 is 20.7 Å². The minimum absolute atomic E-state index is 0.147. The summed E-state index contributed by atoms with van der Waals surface area (Å²) in [6.07, 6.45) is 1.18. The van der Waals surface area contributed by atoms with Gasteiger partial charge in [0.1, 0.15) is 11.8 Å². The number of benzene rings is 2. The molecule has 0 aliphatic carbocycles. The maximum Gasteiger partial charge on any atom is 0.246 e. The third-order valence-corrected chi connectivity index (χ3v) is 5.08. The molecule has 0 unspecified atom stereocenters. The molecule has 6 heteroatoms. The smallest absolute Gasteiger partial charge is 0.246 e. The summed E-state index contributed by atoms with van der Waals surface area (Å²) in [6.45, 7) is 4.72. The lowest BCUT2D eigenvalue weighted by Gasteiger charge is -2.28. The van der Waals surface area contributed by atoms with Gasteiger partial charge in [-0.1, -0.05) is 44.2 Å². The van der Waals surface area contributed by atoms with E-state index in [0.717, 1.165) is 0 Å². The molecule has 1 aliphatic heterocycles. The van der Waals surface area contributed by atoms with Crippen molar-refractivity contribution in [3.05, 3.63) is 59.7 Å². The van der Waals surface area contributed by atoms with Crippen molar-refractivity contribution in [3.8, 4) is 5.75 Å². The second-order valence-corrected chi connectivity index (χ2v) is 7.82. The zero-order chi connectivity index (χ0) is 20.8. The highest BCUT2D eigenvalue weighted by Crippen LogP contribution is 2.19. The Bertz CT molecular complexity index is 866. The van der Waals surface area contributed by atoms with Crippen LogP contribution >= 0.6 is 0 Å². The van der Waals surface area contributed by atoms with E-state index in [9.17, 15) is 9.59 Å². The number of ether oxygens (including phenoxy) is 1. The van der Waals surface area contributed by atoms with Crippen molar-refractivity contribution in [2.24, 2.45) is 5.92 Å². The lowest BCUT2D eigenvalue weighted by molar-refractivity contribution is -0.128. The maximum absolute atomic E-state index is 12.9. The van der Waals surface area contributed by atoms with Gasteiger partial charge in [-0.05, 0) is 42.0 Å². The van der Waals surface area contributed by atoms with Gasteiger partial charge in [-0.15, -0.1) is 0 Å². The van der Waals surface area contributed by atoms with Gasteiger partial charge in [-0.25, -0.2) is 0 Å². The first-order valence-electron chi connectivity index (χ1n) is 10.0. The number of hydrogen-bond donors (Lipinski definition) is 3. The fraction of sp³-hybridized carbons (Fsp3) is 0.391. The van der Waals surface area contributed by atoms with Crippen LogP contribution in [0.1, 0.15) is 31.4 Å². The van der Waals surface area contributed by atoms with E-state index in [4.69, 9.17) is 4.74 Å². The number of methoxy groups -OCH3 is 1. The molecule has 29 heavy (non-hydrogen) atoms. The zero-order valence-electron chi connectivity index (χ0n) is 17.2. The van der Waals surface area contributed by atoms with Crippen molar-refractivity contribution in [2.45, 2.75) is 45.3 Å². The van der Waals surface area contributed by atoms with Gasteiger partial charge in [-0.2, -0.15) is 0 Å². The third kappa shape index (κ3) is 5.57. The highest BCUT2D eigenvalue weighted by molar-refractivity contribution is 5.98. The second kappa shape index (κ2) is 9.56. The molecule has 2 amide bonds. The Kier molecular flexibility index (Phi) is 6.88. The van der Waals surface area contributed by atoms with E-state index in [2.05, 4.69) is 28.1 Å². The van der Waals surface area contributed by atoms with Crippen LogP contribution in [0.5, 0.6) is 5.75 Å². The lowest BCUT2D eigenvalue weighted by atomic mass is 9.95. The largest absolute Gasteiger partial charge is 0.497 e. The highest BCUT2D eigenvalue weighted by atomic mass is 16.5. The molecule has 2 aromatic carbocycles. The minimum Gasteiger partial charge on any atom is -0.497 e. The van der Waals surface area contributed by atoms with Crippen LogP contribution in [-0.2, 0) is 22.6 Å². The summed E-state index contributed by atoms with van der Waals surface area (Å²) in [5.74, 6) is 0.552. The van der Waals surface area contributed by atoms with Gasteiger partial charge in [0, 0.05) is 18.3 Å². The summed E-state index contributed by atoms with van der Waals surface area (Å²) in [6, 6.07) is 14.3. The number of carbonyl (C=O) groups is 2. The Hall–Kier alpha value is -2.86. The molecule has 0 bridgehead atoms. The summed E-state index contributed by atoms with van der Waals surface area (Å²) >= 11 is 0. The number of rotatable bonds is 7. The highest BCUT2D eigenvalue weighted by Gasteiger charge is 2.28.